The van der Waals surface area contributed by atoms with Gasteiger partial charge in [-0.1, -0.05) is 36.4 Å². The van der Waals surface area contributed by atoms with Gasteiger partial charge in [0.2, 0.25) is 5.91 Å². The van der Waals surface area contributed by atoms with Crippen molar-refractivity contribution in [3.63, 3.8) is 0 Å². The molecule has 2 N–H and O–H groups in total. The lowest BCUT2D eigenvalue weighted by Crippen LogP contribution is -2.40. The van der Waals surface area contributed by atoms with Crippen LogP contribution in [0.3, 0.4) is 0 Å². The molecule has 2 aromatic rings. The Kier molecular flexibility index (Phi) is 4.55. The van der Waals surface area contributed by atoms with E-state index in [-0.39, 0.29) is 12.5 Å². The SMILES string of the molecule is CC(C(=O)O)N(C)CC(=O)Nc1cccc2ccccc12. The minimum atomic E-state index is -0.949. The number of carboxylic acid groups (broad SMARTS) is 1. The number of carbonyl (C=O) groups is 2. The third-order valence-electron chi connectivity index (χ3n) is 3.48. The van der Waals surface area contributed by atoms with Crippen molar-refractivity contribution in [1.29, 1.82) is 0 Å². The number of carbonyl (C=O) groups excluding carboxylic acids is 1. The van der Waals surface area contributed by atoms with Crippen LogP contribution in [0.5, 0.6) is 0 Å². The smallest absolute Gasteiger partial charge is 0.320 e. The van der Waals surface area contributed by atoms with Gasteiger partial charge in [0.15, 0.2) is 0 Å². The van der Waals surface area contributed by atoms with Crippen molar-refractivity contribution >= 4 is 28.3 Å². The van der Waals surface area contributed by atoms with Gasteiger partial charge in [-0.2, -0.15) is 0 Å². The van der Waals surface area contributed by atoms with Crippen molar-refractivity contribution in [3.8, 4) is 0 Å². The second-order valence-electron chi connectivity index (χ2n) is 5.00. The number of anilines is 1. The summed E-state index contributed by atoms with van der Waals surface area (Å²) < 4.78 is 0. The topological polar surface area (TPSA) is 69.6 Å². The molecule has 5 nitrogen and oxygen atoms in total. The fourth-order valence-electron chi connectivity index (χ4n) is 2.08. The van der Waals surface area contributed by atoms with Crippen molar-refractivity contribution in [1.82, 2.24) is 4.90 Å². The van der Waals surface area contributed by atoms with Crippen molar-refractivity contribution in [3.05, 3.63) is 42.5 Å². The molecule has 0 aliphatic rings. The quantitative estimate of drug-likeness (QED) is 0.884. The lowest BCUT2D eigenvalue weighted by Gasteiger charge is -2.20. The van der Waals surface area contributed by atoms with Gasteiger partial charge in [0.25, 0.3) is 0 Å². The summed E-state index contributed by atoms with van der Waals surface area (Å²) in [5, 5.41) is 13.8. The van der Waals surface area contributed by atoms with E-state index in [0.717, 1.165) is 16.5 Å². The van der Waals surface area contributed by atoms with Crippen LogP contribution in [0.15, 0.2) is 42.5 Å². The summed E-state index contributed by atoms with van der Waals surface area (Å²) >= 11 is 0. The van der Waals surface area contributed by atoms with E-state index in [9.17, 15) is 9.59 Å². The van der Waals surface area contributed by atoms with E-state index in [4.69, 9.17) is 5.11 Å². The third kappa shape index (κ3) is 3.58. The molecule has 0 heterocycles. The number of nitrogens with zero attached hydrogens (tertiary/aromatic N) is 1. The molecule has 0 radical (unpaired) electrons. The van der Waals surface area contributed by atoms with E-state index in [1.165, 1.54) is 4.90 Å². The largest absolute Gasteiger partial charge is 0.480 e. The van der Waals surface area contributed by atoms with Crippen LogP contribution in [0.2, 0.25) is 0 Å². The molecule has 21 heavy (non-hydrogen) atoms. The highest BCUT2D eigenvalue weighted by Gasteiger charge is 2.19. The van der Waals surface area contributed by atoms with Crippen molar-refractivity contribution in [2.75, 3.05) is 18.9 Å². The normalized spacial score (nSPS) is 12.3. The summed E-state index contributed by atoms with van der Waals surface area (Å²) in [6.07, 6.45) is 0. The zero-order chi connectivity index (χ0) is 15.4. The van der Waals surface area contributed by atoms with E-state index >= 15 is 0 Å². The minimum absolute atomic E-state index is 0.0245. The maximum Gasteiger partial charge on any atom is 0.320 e. The highest BCUT2D eigenvalue weighted by molar-refractivity contribution is 6.02. The van der Waals surface area contributed by atoms with Gasteiger partial charge in [0.1, 0.15) is 6.04 Å². The Hall–Kier alpha value is -2.40. The molecule has 5 heteroatoms. The predicted molar refractivity (Wildman–Crippen MR) is 82.3 cm³/mol. The third-order valence-corrected chi connectivity index (χ3v) is 3.48. The number of aliphatic carboxylic acids is 1. The summed E-state index contributed by atoms with van der Waals surface area (Å²) in [5.41, 5.74) is 0.731. The maximum absolute atomic E-state index is 12.0. The maximum atomic E-state index is 12.0. The molecule has 0 bridgehead atoms. The molecular formula is C16H18N2O3. The van der Waals surface area contributed by atoms with Crippen molar-refractivity contribution in [2.45, 2.75) is 13.0 Å². The first-order chi connectivity index (χ1) is 9.99. The Bertz CT molecular complexity index is 664. The first kappa shape index (κ1) is 15.0. The number of likely N-dealkylation sites (N-methyl/N-ethyl adjacent to an activating group) is 1. The molecule has 110 valence electrons. The number of hydrogen-bond donors (Lipinski definition) is 2. The van der Waals surface area contributed by atoms with Crippen molar-refractivity contribution in [2.24, 2.45) is 0 Å². The zero-order valence-corrected chi connectivity index (χ0v) is 12.0. The van der Waals surface area contributed by atoms with Gasteiger partial charge in [-0.3, -0.25) is 14.5 Å². The van der Waals surface area contributed by atoms with Gasteiger partial charge in [-0.25, -0.2) is 0 Å². The highest BCUT2D eigenvalue weighted by Crippen LogP contribution is 2.22. The molecule has 2 rings (SSSR count). The Morgan fingerprint density at radius 3 is 2.57 bits per heavy atom. The standard InChI is InChI=1S/C16H18N2O3/c1-11(16(20)21)18(2)10-15(19)17-14-9-5-7-12-6-3-4-8-13(12)14/h3-9,11H,10H2,1-2H3,(H,17,19)(H,20,21). The summed E-state index contributed by atoms with van der Waals surface area (Å²) in [7, 11) is 1.61. The van der Waals surface area contributed by atoms with E-state index in [2.05, 4.69) is 5.32 Å². The predicted octanol–water partition coefficient (Wildman–Crippen LogP) is 2.18. The number of rotatable bonds is 5. The molecule has 0 aromatic heterocycles. The first-order valence-corrected chi connectivity index (χ1v) is 6.69. The summed E-state index contributed by atoms with van der Waals surface area (Å²) in [6, 6.07) is 12.8. The molecule has 0 saturated carbocycles. The molecular weight excluding hydrogens is 268 g/mol. The number of benzene rings is 2. The lowest BCUT2D eigenvalue weighted by molar-refractivity contribution is -0.142. The van der Waals surface area contributed by atoms with Crippen LogP contribution in [0.4, 0.5) is 5.69 Å². The van der Waals surface area contributed by atoms with Crippen LogP contribution in [0.1, 0.15) is 6.92 Å². The molecule has 0 saturated heterocycles. The second kappa shape index (κ2) is 6.37. The molecule has 0 aliphatic heterocycles. The summed E-state index contributed by atoms with van der Waals surface area (Å²) in [5.74, 6) is -1.18. The molecule has 2 aromatic carbocycles. The van der Waals surface area contributed by atoms with Crippen LogP contribution in [0.25, 0.3) is 10.8 Å². The fourth-order valence-corrected chi connectivity index (χ4v) is 2.08. The van der Waals surface area contributed by atoms with Gasteiger partial charge >= 0.3 is 5.97 Å². The van der Waals surface area contributed by atoms with Crippen LogP contribution < -0.4 is 5.32 Å². The van der Waals surface area contributed by atoms with E-state index in [0.29, 0.717) is 0 Å². The number of hydrogen-bond acceptors (Lipinski definition) is 3. The Balaban J connectivity index is 2.10. The van der Waals surface area contributed by atoms with Gasteiger partial charge in [-0.05, 0) is 25.4 Å². The van der Waals surface area contributed by atoms with Crippen LogP contribution in [-0.4, -0.2) is 41.5 Å². The number of nitrogens with one attached hydrogen (secondary N) is 1. The Labute approximate surface area is 123 Å². The molecule has 1 amide bonds. The second-order valence-corrected chi connectivity index (χ2v) is 5.00. The Morgan fingerprint density at radius 1 is 1.19 bits per heavy atom. The minimum Gasteiger partial charge on any atom is -0.480 e. The fraction of sp³-hybridized carbons (Fsp3) is 0.250. The number of amides is 1. The summed E-state index contributed by atoms with van der Waals surface area (Å²) in [4.78, 5) is 24.4. The molecule has 1 atom stereocenters. The van der Waals surface area contributed by atoms with E-state index < -0.39 is 12.0 Å². The van der Waals surface area contributed by atoms with Gasteiger partial charge < -0.3 is 10.4 Å². The molecule has 0 fully saturated rings. The lowest BCUT2D eigenvalue weighted by atomic mass is 10.1. The van der Waals surface area contributed by atoms with E-state index in [1.54, 1.807) is 14.0 Å². The van der Waals surface area contributed by atoms with E-state index in [1.807, 2.05) is 42.5 Å². The monoisotopic (exact) mass is 286 g/mol. The van der Waals surface area contributed by atoms with Gasteiger partial charge in [0.05, 0.1) is 6.54 Å². The highest BCUT2D eigenvalue weighted by atomic mass is 16.4. The number of carboxylic acids is 1. The zero-order valence-electron chi connectivity index (χ0n) is 12.0. The Morgan fingerprint density at radius 2 is 1.86 bits per heavy atom. The van der Waals surface area contributed by atoms with Crippen molar-refractivity contribution < 1.29 is 14.7 Å². The number of fused-ring (bicyclic) bond motifs is 1. The molecule has 0 aliphatic carbocycles. The average Bonchev–Trinajstić information content (AvgIpc) is 2.46. The molecule has 1 unspecified atom stereocenters. The van der Waals surface area contributed by atoms with Gasteiger partial charge in [-0.15, -0.1) is 0 Å². The molecule has 0 spiro atoms. The summed E-state index contributed by atoms with van der Waals surface area (Å²) in [6.45, 7) is 1.57. The van der Waals surface area contributed by atoms with Crippen LogP contribution in [0, 0.1) is 0 Å². The van der Waals surface area contributed by atoms with Gasteiger partial charge in [0, 0.05) is 11.1 Å². The van der Waals surface area contributed by atoms with Crippen LogP contribution >= 0.6 is 0 Å². The average molecular weight is 286 g/mol. The van der Waals surface area contributed by atoms with Crippen LogP contribution in [-0.2, 0) is 9.59 Å². The first-order valence-electron chi connectivity index (χ1n) is 6.69.